The number of alkyl halides is 5. The molecule has 18 heavy (non-hydrogen) atoms. The summed E-state index contributed by atoms with van der Waals surface area (Å²) in [6, 6.07) is 0.118. The molecule has 0 aromatic carbocycles. The van der Waals surface area contributed by atoms with Gasteiger partial charge in [-0.1, -0.05) is 0 Å². The molecule has 11 heteroatoms. The van der Waals surface area contributed by atoms with Crippen LogP contribution in [0, 0.1) is 10.1 Å². The normalized spacial score (nSPS) is 11.7. The van der Waals surface area contributed by atoms with Crippen LogP contribution in [-0.2, 0) is 0 Å². The van der Waals surface area contributed by atoms with Crippen LogP contribution in [0.5, 0.6) is 5.75 Å². The molecular formula is C7H4F5N3O3. The first kappa shape index (κ1) is 13.9. The number of aromatic nitrogens is 1. The van der Waals surface area contributed by atoms with Crippen LogP contribution in [0.25, 0.3) is 0 Å². The minimum Gasteiger partial charge on any atom is -0.398 e. The fraction of sp³-hybridized carbons (Fsp3) is 0.286. The van der Waals surface area contributed by atoms with Crippen molar-refractivity contribution < 1.29 is 31.6 Å². The molecule has 0 spiro atoms. The Morgan fingerprint density at radius 1 is 1.44 bits per heavy atom. The summed E-state index contributed by atoms with van der Waals surface area (Å²) in [4.78, 5) is 12.1. The van der Waals surface area contributed by atoms with Gasteiger partial charge in [0.1, 0.15) is 5.69 Å². The van der Waals surface area contributed by atoms with Gasteiger partial charge in [-0.3, -0.25) is 10.1 Å². The highest BCUT2D eigenvalue weighted by atomic mass is 19.4. The number of nitro groups is 1. The van der Waals surface area contributed by atoms with E-state index in [1.165, 1.54) is 0 Å². The highest BCUT2D eigenvalue weighted by molar-refractivity contribution is 5.62. The van der Waals surface area contributed by atoms with Gasteiger partial charge in [0.15, 0.2) is 0 Å². The van der Waals surface area contributed by atoms with Crippen LogP contribution in [-0.4, -0.2) is 16.3 Å². The maximum Gasteiger partial charge on any atom is 0.573 e. The molecule has 100 valence electrons. The first-order valence-corrected chi connectivity index (χ1v) is 4.10. The number of pyridine rings is 1. The lowest BCUT2D eigenvalue weighted by Crippen LogP contribution is -2.19. The molecule has 0 aliphatic heterocycles. The second-order valence-electron chi connectivity index (χ2n) is 2.88. The number of hydrogen-bond acceptors (Lipinski definition) is 5. The lowest BCUT2D eigenvalue weighted by Gasteiger charge is -2.11. The Morgan fingerprint density at radius 2 is 2.00 bits per heavy atom. The van der Waals surface area contributed by atoms with E-state index in [2.05, 4.69) is 9.72 Å². The van der Waals surface area contributed by atoms with Gasteiger partial charge in [-0.2, -0.15) is 0 Å². The van der Waals surface area contributed by atoms with E-state index in [0.717, 1.165) is 0 Å². The van der Waals surface area contributed by atoms with Gasteiger partial charge in [-0.05, 0) is 0 Å². The van der Waals surface area contributed by atoms with Crippen molar-refractivity contribution in [2.24, 2.45) is 0 Å². The fourth-order valence-electron chi connectivity index (χ4n) is 1.05. The van der Waals surface area contributed by atoms with Gasteiger partial charge < -0.3 is 10.5 Å². The monoisotopic (exact) mass is 273 g/mol. The summed E-state index contributed by atoms with van der Waals surface area (Å²) in [5.74, 6) is -2.52. The van der Waals surface area contributed by atoms with E-state index < -0.39 is 40.7 Å². The van der Waals surface area contributed by atoms with Crippen molar-refractivity contribution in [1.82, 2.24) is 4.98 Å². The van der Waals surface area contributed by atoms with Crippen LogP contribution >= 0.6 is 0 Å². The Kier molecular flexibility index (Phi) is 3.53. The molecule has 0 amide bonds. The number of nitrogen functional groups attached to an aromatic ring is 1. The number of rotatable bonds is 3. The number of ether oxygens (including phenoxy) is 1. The second kappa shape index (κ2) is 4.58. The van der Waals surface area contributed by atoms with Crippen molar-refractivity contribution in [3.8, 4) is 5.75 Å². The number of nitrogens with two attached hydrogens (primary N) is 1. The van der Waals surface area contributed by atoms with E-state index in [-0.39, 0.29) is 6.07 Å². The maximum absolute atomic E-state index is 12.3. The Bertz CT molecular complexity index is 476. The van der Waals surface area contributed by atoms with Crippen molar-refractivity contribution in [1.29, 1.82) is 0 Å². The molecule has 1 rings (SSSR count). The Hall–Kier alpha value is -2.20. The number of anilines is 1. The third kappa shape index (κ3) is 3.15. The first-order valence-electron chi connectivity index (χ1n) is 4.10. The molecule has 0 aliphatic carbocycles. The lowest BCUT2D eigenvalue weighted by molar-refractivity contribution is -0.388. The van der Waals surface area contributed by atoms with Crippen molar-refractivity contribution in [3.05, 3.63) is 21.9 Å². The van der Waals surface area contributed by atoms with Crippen molar-refractivity contribution >= 4 is 11.5 Å². The molecule has 0 saturated heterocycles. The Labute approximate surface area is 95.3 Å². The number of nitrogens with zero attached hydrogens (tertiary/aromatic N) is 2. The highest BCUT2D eigenvalue weighted by Crippen LogP contribution is 2.37. The van der Waals surface area contributed by atoms with Crippen LogP contribution in [0.15, 0.2) is 6.07 Å². The molecule has 6 nitrogen and oxygen atoms in total. The number of hydrogen-bond donors (Lipinski definition) is 1. The molecule has 2 N–H and O–H groups in total. The topological polar surface area (TPSA) is 91.3 Å². The molecule has 1 aromatic rings. The maximum atomic E-state index is 12.3. The molecule has 0 unspecified atom stereocenters. The quantitative estimate of drug-likeness (QED) is 0.518. The van der Waals surface area contributed by atoms with E-state index in [1.807, 2.05) is 0 Å². The summed E-state index contributed by atoms with van der Waals surface area (Å²) in [5.41, 5.74) is 2.47. The van der Waals surface area contributed by atoms with Gasteiger partial charge in [0.05, 0.1) is 4.92 Å². The smallest absolute Gasteiger partial charge is 0.398 e. The summed E-state index contributed by atoms with van der Waals surface area (Å²) in [6.45, 7) is 0. The van der Waals surface area contributed by atoms with Gasteiger partial charge >= 0.3 is 12.0 Å². The predicted molar refractivity (Wildman–Crippen MR) is 46.9 cm³/mol. The van der Waals surface area contributed by atoms with Gasteiger partial charge in [0, 0.05) is 6.07 Å². The van der Waals surface area contributed by atoms with E-state index in [0.29, 0.717) is 0 Å². The number of halogens is 5. The van der Waals surface area contributed by atoms with Crippen molar-refractivity contribution in [2.45, 2.75) is 12.8 Å². The molecular weight excluding hydrogens is 269 g/mol. The van der Waals surface area contributed by atoms with Crippen LogP contribution in [0.4, 0.5) is 33.5 Å². The molecule has 0 bridgehead atoms. The molecule has 1 aromatic heterocycles. The molecule has 0 atom stereocenters. The molecule has 0 radical (unpaired) electrons. The Morgan fingerprint density at radius 3 is 2.39 bits per heavy atom. The van der Waals surface area contributed by atoms with Crippen LogP contribution in [0.3, 0.4) is 0 Å². The van der Waals surface area contributed by atoms with E-state index in [4.69, 9.17) is 5.73 Å². The van der Waals surface area contributed by atoms with Crippen molar-refractivity contribution in [3.63, 3.8) is 0 Å². The van der Waals surface area contributed by atoms with E-state index >= 15 is 0 Å². The van der Waals surface area contributed by atoms with Gasteiger partial charge in [-0.15, -0.1) is 13.2 Å². The van der Waals surface area contributed by atoms with Crippen LogP contribution in [0.2, 0.25) is 0 Å². The first-order chi connectivity index (χ1) is 8.11. The standard InChI is InChI=1S/C7H4F5N3O3/c8-5(9)2-1-3(18-7(10,11)12)4(15(16)17)6(13)14-2/h1,5H,(H2,13,14). The zero-order chi connectivity index (χ0) is 14.1. The predicted octanol–water partition coefficient (Wildman–Crippen LogP) is 2.41. The minimum absolute atomic E-state index is 0.118. The average Bonchev–Trinajstić information content (AvgIpc) is 2.12. The minimum atomic E-state index is -5.28. The summed E-state index contributed by atoms with van der Waals surface area (Å²) < 4.78 is 63.7. The van der Waals surface area contributed by atoms with Gasteiger partial charge in [-0.25, -0.2) is 13.8 Å². The second-order valence-corrected chi connectivity index (χ2v) is 2.88. The zero-order valence-electron chi connectivity index (χ0n) is 8.24. The average molecular weight is 273 g/mol. The Balaban J connectivity index is 3.38. The molecule has 0 fully saturated rings. The lowest BCUT2D eigenvalue weighted by atomic mass is 10.3. The zero-order valence-corrected chi connectivity index (χ0v) is 8.24. The fourth-order valence-corrected chi connectivity index (χ4v) is 1.05. The SMILES string of the molecule is Nc1nc(C(F)F)cc(OC(F)(F)F)c1[N+](=O)[O-]. The molecule has 0 aliphatic rings. The van der Waals surface area contributed by atoms with Crippen LogP contribution < -0.4 is 10.5 Å². The molecule has 1 heterocycles. The van der Waals surface area contributed by atoms with Gasteiger partial charge in [0.2, 0.25) is 11.6 Å². The van der Waals surface area contributed by atoms with Gasteiger partial charge in [0.25, 0.3) is 6.43 Å². The largest absolute Gasteiger partial charge is 0.573 e. The highest BCUT2D eigenvalue weighted by Gasteiger charge is 2.36. The third-order valence-corrected chi connectivity index (χ3v) is 1.64. The summed E-state index contributed by atoms with van der Waals surface area (Å²) in [7, 11) is 0. The third-order valence-electron chi connectivity index (χ3n) is 1.64. The van der Waals surface area contributed by atoms with E-state index in [1.54, 1.807) is 0 Å². The van der Waals surface area contributed by atoms with Crippen molar-refractivity contribution in [2.75, 3.05) is 5.73 Å². The summed E-state index contributed by atoms with van der Waals surface area (Å²) >= 11 is 0. The molecule has 0 saturated carbocycles. The van der Waals surface area contributed by atoms with Crippen LogP contribution in [0.1, 0.15) is 12.1 Å². The summed E-state index contributed by atoms with van der Waals surface area (Å²) in [5, 5.41) is 10.5. The summed E-state index contributed by atoms with van der Waals surface area (Å²) in [6.07, 6.45) is -8.53. The van der Waals surface area contributed by atoms with E-state index in [9.17, 15) is 32.1 Å².